The van der Waals surface area contributed by atoms with E-state index in [2.05, 4.69) is 41.9 Å². The molecule has 0 aromatic rings. The Balaban J connectivity index is 0.000000302. The van der Waals surface area contributed by atoms with E-state index in [1.165, 1.54) is 50.2 Å². The van der Waals surface area contributed by atoms with E-state index in [-0.39, 0.29) is 0 Å². The highest BCUT2D eigenvalue weighted by Gasteiger charge is 2.14. The molecule has 2 N–H and O–H groups in total. The Morgan fingerprint density at radius 3 is 2.18 bits per heavy atom. The van der Waals surface area contributed by atoms with Crippen molar-refractivity contribution in [3.8, 4) is 0 Å². The van der Waals surface area contributed by atoms with Gasteiger partial charge in [0, 0.05) is 13.0 Å². The standard InChI is InChI=1S/C12H19N.C3H7N/c1-4-5-7-12(11(2)3)10-13-8-6-9-13;1-2-4-3-1/h4-5,7H,2,6,8-10H2,1,3H3;4H,1-3H2/p+1/b5-4-,12-7-;. The summed E-state index contributed by atoms with van der Waals surface area (Å²) >= 11 is 0. The van der Waals surface area contributed by atoms with Crippen molar-refractivity contribution in [3.63, 3.8) is 0 Å². The van der Waals surface area contributed by atoms with Gasteiger partial charge < -0.3 is 5.32 Å². The zero-order chi connectivity index (χ0) is 12.5. The molecule has 2 aliphatic heterocycles. The molecule has 0 bridgehead atoms. The van der Waals surface area contributed by atoms with Crippen molar-refractivity contribution in [2.75, 3.05) is 32.7 Å². The van der Waals surface area contributed by atoms with Crippen molar-refractivity contribution in [3.05, 3.63) is 36.0 Å². The van der Waals surface area contributed by atoms with Crippen LogP contribution < -0.4 is 5.32 Å². The Bertz CT molecular complexity index is 277. The minimum Gasteiger partial charge on any atom is -0.346 e. The fourth-order valence-electron chi connectivity index (χ4n) is 1.53. The van der Waals surface area contributed by atoms with Gasteiger partial charge in [0.1, 0.15) is 0 Å². The molecule has 2 rings (SSSR count). The first-order chi connectivity index (χ1) is 8.24. The van der Waals surface area contributed by atoms with Gasteiger partial charge >= 0.3 is 0 Å². The van der Waals surface area contributed by atoms with Crippen LogP contribution in [0, 0.1) is 0 Å². The average molecular weight is 235 g/mol. The van der Waals surface area contributed by atoms with Gasteiger partial charge in [-0.2, -0.15) is 0 Å². The van der Waals surface area contributed by atoms with Crippen molar-refractivity contribution < 1.29 is 5.32 Å². The maximum Gasteiger partial charge on any atom is 0.0809 e. The average Bonchev–Trinajstić information content (AvgIpc) is 2.12. The molecule has 0 amide bonds. The van der Waals surface area contributed by atoms with E-state index in [1.807, 2.05) is 6.92 Å². The van der Waals surface area contributed by atoms with Gasteiger partial charge in [0.2, 0.25) is 0 Å². The Morgan fingerprint density at radius 1 is 1.29 bits per heavy atom. The molecule has 0 saturated carbocycles. The molecule has 0 atom stereocenters. The quantitative estimate of drug-likeness (QED) is 0.736. The third kappa shape index (κ3) is 5.85. The second-order valence-corrected chi connectivity index (χ2v) is 4.85. The molecule has 0 aliphatic carbocycles. The van der Waals surface area contributed by atoms with Gasteiger partial charge in [-0.25, -0.2) is 0 Å². The van der Waals surface area contributed by atoms with Gasteiger partial charge in [-0.15, -0.1) is 0 Å². The van der Waals surface area contributed by atoms with Gasteiger partial charge in [0.15, 0.2) is 0 Å². The van der Waals surface area contributed by atoms with Crippen molar-refractivity contribution >= 4 is 0 Å². The lowest BCUT2D eigenvalue weighted by Crippen LogP contribution is -2.92. The fourth-order valence-corrected chi connectivity index (χ4v) is 1.53. The predicted molar refractivity (Wildman–Crippen MR) is 75.0 cm³/mol. The van der Waals surface area contributed by atoms with Crippen molar-refractivity contribution in [1.29, 1.82) is 0 Å². The maximum atomic E-state index is 3.99. The van der Waals surface area contributed by atoms with E-state index in [1.54, 1.807) is 0 Å². The van der Waals surface area contributed by atoms with Gasteiger partial charge in [-0.3, -0.25) is 4.90 Å². The van der Waals surface area contributed by atoms with Crippen LogP contribution in [-0.2, 0) is 0 Å². The van der Waals surface area contributed by atoms with Crippen LogP contribution in [0.1, 0.15) is 26.7 Å². The third-order valence-electron chi connectivity index (χ3n) is 3.20. The molecule has 0 aromatic carbocycles. The summed E-state index contributed by atoms with van der Waals surface area (Å²) in [7, 11) is 0. The molecule has 2 saturated heterocycles. The summed E-state index contributed by atoms with van der Waals surface area (Å²) in [5, 5.41) is 2.31. The van der Waals surface area contributed by atoms with Crippen LogP contribution in [0.3, 0.4) is 0 Å². The number of allylic oxidation sites excluding steroid dienone is 3. The number of nitrogens with two attached hydrogens (primary N) is 1. The van der Waals surface area contributed by atoms with E-state index < -0.39 is 0 Å². The molecule has 17 heavy (non-hydrogen) atoms. The van der Waals surface area contributed by atoms with Gasteiger partial charge in [-0.1, -0.05) is 30.4 Å². The summed E-state index contributed by atoms with van der Waals surface area (Å²) in [4.78, 5) is 2.45. The highest BCUT2D eigenvalue weighted by molar-refractivity contribution is 5.31. The SMILES string of the molecule is C1C[NH2+]C1.C=C(C)/C(=C\C=C/C)CN1CCC1. The minimum absolute atomic E-state index is 1.07. The normalized spacial score (nSPS) is 20.2. The molecule has 0 radical (unpaired) electrons. The summed E-state index contributed by atoms with van der Waals surface area (Å²) in [6, 6.07) is 0. The Kier molecular flexibility index (Phi) is 6.90. The van der Waals surface area contributed by atoms with Crippen molar-refractivity contribution in [1.82, 2.24) is 4.90 Å². The lowest BCUT2D eigenvalue weighted by atomic mass is 10.1. The molecule has 2 heterocycles. The van der Waals surface area contributed by atoms with Crippen LogP contribution in [0.4, 0.5) is 0 Å². The minimum atomic E-state index is 1.07. The van der Waals surface area contributed by atoms with Crippen LogP contribution in [0.2, 0.25) is 0 Å². The number of hydrogen-bond donors (Lipinski definition) is 1. The molecule has 2 aliphatic rings. The summed E-state index contributed by atoms with van der Waals surface area (Å²) in [6.07, 6.45) is 9.11. The van der Waals surface area contributed by atoms with Gasteiger partial charge in [-0.05, 0) is 38.9 Å². The van der Waals surface area contributed by atoms with Crippen molar-refractivity contribution in [2.45, 2.75) is 26.7 Å². The summed E-state index contributed by atoms with van der Waals surface area (Å²) in [5.41, 5.74) is 2.54. The second-order valence-electron chi connectivity index (χ2n) is 4.85. The Hall–Kier alpha value is -0.860. The van der Waals surface area contributed by atoms with E-state index in [0.717, 1.165) is 6.54 Å². The largest absolute Gasteiger partial charge is 0.346 e. The van der Waals surface area contributed by atoms with Crippen LogP contribution in [0.25, 0.3) is 0 Å². The fraction of sp³-hybridized carbons (Fsp3) is 0.600. The number of quaternary nitrogens is 1. The monoisotopic (exact) mass is 235 g/mol. The zero-order valence-electron chi connectivity index (χ0n) is 11.4. The van der Waals surface area contributed by atoms with E-state index in [4.69, 9.17) is 0 Å². The second kappa shape index (κ2) is 8.26. The highest BCUT2D eigenvalue weighted by atomic mass is 15.2. The topological polar surface area (TPSA) is 19.9 Å². The van der Waals surface area contributed by atoms with E-state index in [0.29, 0.717) is 0 Å². The van der Waals surface area contributed by atoms with Crippen LogP contribution in [0.5, 0.6) is 0 Å². The molecule has 0 aromatic heterocycles. The van der Waals surface area contributed by atoms with E-state index >= 15 is 0 Å². The van der Waals surface area contributed by atoms with Crippen molar-refractivity contribution in [2.24, 2.45) is 0 Å². The molecular formula is C15H27N2+. The summed E-state index contributed by atoms with van der Waals surface area (Å²) < 4.78 is 0. The maximum absolute atomic E-state index is 3.99. The predicted octanol–water partition coefficient (Wildman–Crippen LogP) is 1.72. The van der Waals surface area contributed by atoms with Crippen LogP contribution in [0.15, 0.2) is 36.0 Å². The first kappa shape index (κ1) is 14.2. The first-order valence-corrected chi connectivity index (χ1v) is 6.75. The third-order valence-corrected chi connectivity index (χ3v) is 3.20. The Labute approximate surface area is 106 Å². The van der Waals surface area contributed by atoms with Gasteiger partial charge in [0.25, 0.3) is 0 Å². The molecule has 96 valence electrons. The first-order valence-electron chi connectivity index (χ1n) is 6.75. The number of rotatable bonds is 4. The van der Waals surface area contributed by atoms with Crippen LogP contribution >= 0.6 is 0 Å². The molecular weight excluding hydrogens is 208 g/mol. The summed E-state index contributed by atoms with van der Waals surface area (Å²) in [5.74, 6) is 0. The highest BCUT2D eigenvalue weighted by Crippen LogP contribution is 2.14. The molecule has 0 spiro atoms. The zero-order valence-corrected chi connectivity index (χ0v) is 11.4. The van der Waals surface area contributed by atoms with E-state index in [9.17, 15) is 0 Å². The molecule has 2 fully saturated rings. The molecule has 2 nitrogen and oxygen atoms in total. The molecule has 0 unspecified atom stereocenters. The Morgan fingerprint density at radius 2 is 1.88 bits per heavy atom. The van der Waals surface area contributed by atoms with Gasteiger partial charge in [0.05, 0.1) is 13.1 Å². The number of hydrogen-bond acceptors (Lipinski definition) is 1. The molecule has 2 heteroatoms. The number of likely N-dealkylation sites (tertiary alicyclic amines) is 1. The number of nitrogens with zero attached hydrogens (tertiary/aromatic N) is 1. The summed E-state index contributed by atoms with van der Waals surface area (Å²) in [6.45, 7) is 14.4. The lowest BCUT2D eigenvalue weighted by molar-refractivity contribution is -0.705. The van der Waals surface area contributed by atoms with Crippen LogP contribution in [-0.4, -0.2) is 37.6 Å². The lowest BCUT2D eigenvalue weighted by Gasteiger charge is -2.31. The smallest absolute Gasteiger partial charge is 0.0809 e.